The molecule has 3 N–H and O–H groups in total. The van der Waals surface area contributed by atoms with Gasteiger partial charge >= 0.3 is 0 Å². The summed E-state index contributed by atoms with van der Waals surface area (Å²) in [7, 11) is 4.12. The zero-order valence-corrected chi connectivity index (χ0v) is 12.1. The van der Waals surface area contributed by atoms with Crippen LogP contribution in [0.3, 0.4) is 0 Å². The number of aromatic amines is 1. The number of hydrogen-bond donors (Lipinski definition) is 2. The van der Waals surface area contributed by atoms with Gasteiger partial charge in [-0.2, -0.15) is 0 Å². The Morgan fingerprint density at radius 1 is 1.37 bits per heavy atom. The fourth-order valence-electron chi connectivity index (χ4n) is 2.54. The first-order chi connectivity index (χ1) is 8.90. The molecule has 1 aromatic rings. The lowest BCUT2D eigenvalue weighted by Crippen LogP contribution is -2.46. The molecule has 2 heterocycles. The van der Waals surface area contributed by atoms with E-state index in [0.29, 0.717) is 17.2 Å². The number of piperazine rings is 1. The van der Waals surface area contributed by atoms with Gasteiger partial charge in [-0.25, -0.2) is 4.98 Å². The number of nitrogens with zero attached hydrogens (tertiary/aromatic N) is 3. The number of rotatable bonds is 2. The van der Waals surface area contributed by atoms with Crippen molar-refractivity contribution in [3.8, 4) is 0 Å². The number of likely N-dealkylation sites (N-methyl/N-ethyl adjacent to an activating group) is 2. The predicted octanol–water partition coefficient (Wildman–Crippen LogP) is 0.394. The van der Waals surface area contributed by atoms with Crippen LogP contribution in [0.25, 0.3) is 0 Å². The number of H-pyrrole nitrogens is 1. The third-order valence-corrected chi connectivity index (χ3v) is 3.75. The second-order valence-corrected chi connectivity index (χ2v) is 5.66. The van der Waals surface area contributed by atoms with Gasteiger partial charge in [0.1, 0.15) is 11.6 Å². The summed E-state index contributed by atoms with van der Waals surface area (Å²) in [6.07, 6.45) is 0. The minimum atomic E-state index is -0.112. The minimum absolute atomic E-state index is 0.0806. The lowest BCUT2D eigenvalue weighted by Gasteiger charge is -2.37. The predicted molar refractivity (Wildman–Crippen MR) is 76.2 cm³/mol. The molecule has 0 bridgehead atoms. The van der Waals surface area contributed by atoms with Crippen LogP contribution in [0.2, 0.25) is 0 Å². The first kappa shape index (κ1) is 14.0. The summed E-state index contributed by atoms with van der Waals surface area (Å²) in [6.45, 7) is 6.72. The number of nitrogen functional groups attached to an aromatic ring is 1. The standard InChI is InChI=1S/C13H23N5O/c1-8(2)10-11(14)15-12(16-13(10)19)9-7-17(3)5-6-18(9)4/h8-9H,5-7H2,1-4H3,(H3,14,15,16,19). The molecule has 0 radical (unpaired) electrons. The highest BCUT2D eigenvalue weighted by Gasteiger charge is 2.26. The van der Waals surface area contributed by atoms with Crippen LogP contribution >= 0.6 is 0 Å². The molecule has 19 heavy (non-hydrogen) atoms. The molecule has 1 aliphatic rings. The van der Waals surface area contributed by atoms with Crippen molar-refractivity contribution in [3.05, 3.63) is 21.7 Å². The van der Waals surface area contributed by atoms with E-state index in [1.165, 1.54) is 0 Å². The highest BCUT2D eigenvalue weighted by atomic mass is 16.1. The third-order valence-electron chi connectivity index (χ3n) is 3.75. The highest BCUT2D eigenvalue weighted by Crippen LogP contribution is 2.22. The molecule has 1 atom stereocenters. The van der Waals surface area contributed by atoms with Gasteiger partial charge in [-0.15, -0.1) is 0 Å². The molecule has 0 aliphatic carbocycles. The Labute approximate surface area is 113 Å². The van der Waals surface area contributed by atoms with Crippen molar-refractivity contribution in [2.24, 2.45) is 0 Å². The number of aromatic nitrogens is 2. The number of nitrogens with one attached hydrogen (secondary N) is 1. The van der Waals surface area contributed by atoms with Crippen LogP contribution < -0.4 is 11.3 Å². The lowest BCUT2D eigenvalue weighted by atomic mass is 10.1. The van der Waals surface area contributed by atoms with Crippen molar-refractivity contribution in [3.63, 3.8) is 0 Å². The maximum absolute atomic E-state index is 12.1. The van der Waals surface area contributed by atoms with Crippen LogP contribution in [0, 0.1) is 0 Å². The minimum Gasteiger partial charge on any atom is -0.383 e. The summed E-state index contributed by atoms with van der Waals surface area (Å²) >= 11 is 0. The second-order valence-electron chi connectivity index (χ2n) is 5.66. The molecule has 0 aromatic carbocycles. The molecule has 106 valence electrons. The molecule has 1 aliphatic heterocycles. The number of nitrogens with two attached hydrogens (primary N) is 1. The average molecular weight is 265 g/mol. The fraction of sp³-hybridized carbons (Fsp3) is 0.692. The zero-order chi connectivity index (χ0) is 14.2. The zero-order valence-electron chi connectivity index (χ0n) is 12.1. The van der Waals surface area contributed by atoms with E-state index in [1.807, 2.05) is 20.9 Å². The van der Waals surface area contributed by atoms with Gasteiger partial charge in [0.05, 0.1) is 11.6 Å². The van der Waals surface area contributed by atoms with Crippen LogP contribution in [0.1, 0.15) is 37.2 Å². The van der Waals surface area contributed by atoms with Crippen molar-refractivity contribution < 1.29 is 0 Å². The summed E-state index contributed by atoms with van der Waals surface area (Å²) in [4.78, 5) is 23.9. The van der Waals surface area contributed by atoms with Crippen LogP contribution in [-0.2, 0) is 0 Å². The normalized spacial score (nSPS) is 22.1. The molecule has 0 amide bonds. The van der Waals surface area contributed by atoms with Crippen molar-refractivity contribution in [1.82, 2.24) is 19.8 Å². The maximum Gasteiger partial charge on any atom is 0.256 e. The Bertz CT molecular complexity index is 510. The quantitative estimate of drug-likeness (QED) is 0.809. The van der Waals surface area contributed by atoms with Crippen LogP contribution in [0.15, 0.2) is 4.79 Å². The van der Waals surface area contributed by atoms with E-state index in [0.717, 1.165) is 19.6 Å². The Kier molecular flexibility index (Phi) is 3.91. The number of anilines is 1. The van der Waals surface area contributed by atoms with E-state index in [9.17, 15) is 4.79 Å². The molecule has 0 saturated carbocycles. The van der Waals surface area contributed by atoms with Gasteiger partial charge in [0.15, 0.2) is 0 Å². The van der Waals surface area contributed by atoms with Gasteiger partial charge in [0, 0.05) is 19.6 Å². The van der Waals surface area contributed by atoms with E-state index in [4.69, 9.17) is 5.73 Å². The summed E-state index contributed by atoms with van der Waals surface area (Å²) < 4.78 is 0. The molecule has 1 unspecified atom stereocenters. The van der Waals surface area contributed by atoms with Gasteiger partial charge < -0.3 is 15.6 Å². The summed E-state index contributed by atoms with van der Waals surface area (Å²) in [5, 5.41) is 0. The Balaban J connectivity index is 2.38. The van der Waals surface area contributed by atoms with E-state index in [-0.39, 0.29) is 17.5 Å². The summed E-state index contributed by atoms with van der Waals surface area (Å²) in [5.74, 6) is 1.10. The molecule has 1 fully saturated rings. The maximum atomic E-state index is 12.1. The smallest absolute Gasteiger partial charge is 0.256 e. The van der Waals surface area contributed by atoms with E-state index in [1.54, 1.807) is 0 Å². The van der Waals surface area contributed by atoms with E-state index >= 15 is 0 Å². The molecule has 6 heteroatoms. The average Bonchev–Trinajstić information content (AvgIpc) is 2.30. The van der Waals surface area contributed by atoms with Crippen molar-refractivity contribution in [2.75, 3.05) is 39.5 Å². The molecule has 0 spiro atoms. The molecular formula is C13H23N5O. The van der Waals surface area contributed by atoms with Gasteiger partial charge in [-0.3, -0.25) is 9.69 Å². The Hall–Kier alpha value is -1.40. The van der Waals surface area contributed by atoms with Gasteiger partial charge in [-0.05, 0) is 20.0 Å². The highest BCUT2D eigenvalue weighted by molar-refractivity contribution is 5.40. The molecule has 1 saturated heterocycles. The topological polar surface area (TPSA) is 78.2 Å². The van der Waals surface area contributed by atoms with Crippen LogP contribution in [0.4, 0.5) is 5.82 Å². The second kappa shape index (κ2) is 5.30. The van der Waals surface area contributed by atoms with Gasteiger partial charge in [0.25, 0.3) is 5.56 Å². The monoisotopic (exact) mass is 265 g/mol. The lowest BCUT2D eigenvalue weighted by molar-refractivity contribution is 0.109. The van der Waals surface area contributed by atoms with Crippen LogP contribution in [0.5, 0.6) is 0 Å². The van der Waals surface area contributed by atoms with E-state index < -0.39 is 0 Å². The Morgan fingerprint density at radius 2 is 2.05 bits per heavy atom. The number of hydrogen-bond acceptors (Lipinski definition) is 5. The van der Waals surface area contributed by atoms with Crippen molar-refractivity contribution in [2.45, 2.75) is 25.8 Å². The van der Waals surface area contributed by atoms with Gasteiger partial charge in [0.2, 0.25) is 0 Å². The van der Waals surface area contributed by atoms with E-state index in [2.05, 4.69) is 26.8 Å². The summed E-state index contributed by atoms with van der Waals surface area (Å²) in [5.41, 5.74) is 6.41. The van der Waals surface area contributed by atoms with Crippen molar-refractivity contribution >= 4 is 5.82 Å². The molecule has 6 nitrogen and oxygen atoms in total. The largest absolute Gasteiger partial charge is 0.383 e. The first-order valence-corrected chi connectivity index (χ1v) is 6.68. The molecule has 2 rings (SSSR count). The fourth-order valence-corrected chi connectivity index (χ4v) is 2.54. The summed E-state index contributed by atoms with van der Waals surface area (Å²) in [6, 6.07) is 0.0926. The van der Waals surface area contributed by atoms with Gasteiger partial charge in [-0.1, -0.05) is 13.8 Å². The Morgan fingerprint density at radius 3 is 2.63 bits per heavy atom. The third kappa shape index (κ3) is 2.79. The SMILES string of the molecule is CC(C)c1c(N)nc(C2CN(C)CCN2C)[nH]c1=O. The molecule has 1 aromatic heterocycles. The van der Waals surface area contributed by atoms with Crippen molar-refractivity contribution in [1.29, 1.82) is 0 Å². The first-order valence-electron chi connectivity index (χ1n) is 6.68. The molecular weight excluding hydrogens is 242 g/mol. The van der Waals surface area contributed by atoms with Crippen LogP contribution in [-0.4, -0.2) is 53.5 Å².